The van der Waals surface area contributed by atoms with Crippen molar-refractivity contribution in [2.75, 3.05) is 6.61 Å². The highest BCUT2D eigenvalue weighted by Gasteiger charge is 2.51. The van der Waals surface area contributed by atoms with Gasteiger partial charge in [0.25, 0.3) is 5.91 Å². The molecule has 6 heteroatoms. The van der Waals surface area contributed by atoms with Crippen LogP contribution in [0.5, 0.6) is 0 Å². The highest BCUT2D eigenvalue weighted by molar-refractivity contribution is 5.84. The molecule has 1 aromatic rings. The zero-order valence-electron chi connectivity index (χ0n) is 9.96. The van der Waals surface area contributed by atoms with Gasteiger partial charge in [-0.3, -0.25) is 4.79 Å². The number of hydrogen-bond acceptors (Lipinski definition) is 2. The molecule has 3 rings (SSSR count). The molecule has 102 valence electrons. The highest BCUT2D eigenvalue weighted by Crippen LogP contribution is 2.49. The number of carbonyl (C=O) groups excluding carboxylic acids is 1. The molecule has 2 fully saturated rings. The van der Waals surface area contributed by atoms with Crippen molar-refractivity contribution in [1.29, 1.82) is 0 Å². The Morgan fingerprint density at radius 2 is 1.95 bits per heavy atom. The van der Waals surface area contributed by atoms with Crippen LogP contribution >= 0.6 is 0 Å². The lowest BCUT2D eigenvalue weighted by Gasteiger charge is -2.22. The Morgan fingerprint density at radius 3 is 2.47 bits per heavy atom. The second-order valence-corrected chi connectivity index (χ2v) is 4.94. The fourth-order valence-electron chi connectivity index (χ4n) is 2.25. The molecule has 1 heterocycles. The smallest absolute Gasteiger partial charge is 0.363 e. The van der Waals surface area contributed by atoms with Crippen LogP contribution in [0.4, 0.5) is 13.2 Å². The van der Waals surface area contributed by atoms with E-state index in [0.717, 1.165) is 6.07 Å². The van der Waals surface area contributed by atoms with Crippen molar-refractivity contribution in [3.8, 4) is 0 Å². The molecule has 0 radical (unpaired) electrons. The van der Waals surface area contributed by atoms with Crippen LogP contribution < -0.4 is 5.32 Å². The standard InChI is InChI=1S/C13H12F3NO2/c14-13(15,16)9-4-2-1-3-8(9)12(5-6-12)17-11(18)10-7-19-10/h1-4,10H,5-7H2,(H,17,18). The third-order valence-corrected chi connectivity index (χ3v) is 3.49. The van der Waals surface area contributed by atoms with Crippen molar-refractivity contribution in [1.82, 2.24) is 5.32 Å². The van der Waals surface area contributed by atoms with Crippen LogP contribution in [0.3, 0.4) is 0 Å². The molecular weight excluding hydrogens is 259 g/mol. The van der Waals surface area contributed by atoms with Crippen LogP contribution in [0.15, 0.2) is 24.3 Å². The van der Waals surface area contributed by atoms with Crippen molar-refractivity contribution in [3.63, 3.8) is 0 Å². The van der Waals surface area contributed by atoms with E-state index in [1.807, 2.05) is 0 Å². The van der Waals surface area contributed by atoms with Crippen molar-refractivity contribution in [3.05, 3.63) is 35.4 Å². The molecule has 1 saturated heterocycles. The minimum absolute atomic E-state index is 0.150. The summed E-state index contributed by atoms with van der Waals surface area (Å²) in [5.74, 6) is -0.325. The summed E-state index contributed by atoms with van der Waals surface area (Å²) >= 11 is 0. The Bertz CT molecular complexity index is 519. The number of alkyl halides is 3. The van der Waals surface area contributed by atoms with Crippen molar-refractivity contribution < 1.29 is 22.7 Å². The van der Waals surface area contributed by atoms with Crippen LogP contribution in [-0.2, 0) is 21.2 Å². The molecule has 19 heavy (non-hydrogen) atoms. The Balaban J connectivity index is 1.91. The third kappa shape index (κ3) is 2.32. The predicted molar refractivity (Wildman–Crippen MR) is 60.2 cm³/mol. The summed E-state index contributed by atoms with van der Waals surface area (Å²) in [4.78, 5) is 11.7. The molecule has 1 saturated carbocycles. The van der Waals surface area contributed by atoms with Gasteiger partial charge < -0.3 is 10.1 Å². The van der Waals surface area contributed by atoms with E-state index < -0.39 is 23.4 Å². The van der Waals surface area contributed by atoms with Crippen molar-refractivity contribution in [2.24, 2.45) is 0 Å². The summed E-state index contributed by atoms with van der Waals surface area (Å²) in [7, 11) is 0. The highest BCUT2D eigenvalue weighted by atomic mass is 19.4. The SMILES string of the molecule is O=C(NC1(c2ccccc2C(F)(F)F)CC1)C1CO1. The zero-order valence-corrected chi connectivity index (χ0v) is 9.96. The van der Waals surface area contributed by atoms with Gasteiger partial charge in [-0.25, -0.2) is 0 Å². The van der Waals surface area contributed by atoms with E-state index in [4.69, 9.17) is 4.74 Å². The number of ether oxygens (including phenoxy) is 1. The Morgan fingerprint density at radius 1 is 1.32 bits per heavy atom. The van der Waals surface area contributed by atoms with Gasteiger partial charge in [0.2, 0.25) is 0 Å². The van der Waals surface area contributed by atoms with E-state index >= 15 is 0 Å². The maximum atomic E-state index is 13.0. The average Bonchev–Trinajstić information content (AvgIpc) is 3.23. The molecule has 1 aromatic carbocycles. The van der Waals surface area contributed by atoms with Gasteiger partial charge in [-0.2, -0.15) is 13.2 Å². The predicted octanol–water partition coefficient (Wildman–Crippen LogP) is 2.21. The van der Waals surface area contributed by atoms with Crippen LogP contribution in [0.25, 0.3) is 0 Å². The van der Waals surface area contributed by atoms with Gasteiger partial charge in [0, 0.05) is 0 Å². The Kier molecular flexibility index (Phi) is 2.60. The number of amides is 1. The van der Waals surface area contributed by atoms with Crippen LogP contribution in [0.1, 0.15) is 24.0 Å². The van der Waals surface area contributed by atoms with Crippen LogP contribution in [0, 0.1) is 0 Å². The molecule has 0 aromatic heterocycles. The molecule has 0 bridgehead atoms. The Hall–Kier alpha value is -1.56. The molecule has 1 unspecified atom stereocenters. The number of hydrogen-bond donors (Lipinski definition) is 1. The number of halogens is 3. The molecular formula is C13H12F3NO2. The largest absolute Gasteiger partial charge is 0.416 e. The van der Waals surface area contributed by atoms with Gasteiger partial charge in [-0.15, -0.1) is 0 Å². The molecule has 1 aliphatic carbocycles. The summed E-state index contributed by atoms with van der Waals surface area (Å²) in [5, 5.41) is 2.69. The Labute approximate surface area is 107 Å². The van der Waals surface area contributed by atoms with E-state index in [-0.39, 0.29) is 11.5 Å². The van der Waals surface area contributed by atoms with Gasteiger partial charge in [0.15, 0.2) is 6.10 Å². The number of rotatable bonds is 3. The van der Waals surface area contributed by atoms with Crippen LogP contribution in [0.2, 0.25) is 0 Å². The first-order valence-corrected chi connectivity index (χ1v) is 6.03. The third-order valence-electron chi connectivity index (χ3n) is 3.49. The first-order chi connectivity index (χ1) is 8.92. The second-order valence-electron chi connectivity index (χ2n) is 4.94. The molecule has 1 aliphatic heterocycles. The van der Waals surface area contributed by atoms with E-state index in [2.05, 4.69) is 5.32 Å². The van der Waals surface area contributed by atoms with Gasteiger partial charge in [-0.1, -0.05) is 18.2 Å². The van der Waals surface area contributed by atoms with Crippen LogP contribution in [-0.4, -0.2) is 18.6 Å². The number of nitrogens with one attached hydrogen (secondary N) is 1. The van der Waals surface area contributed by atoms with E-state index in [1.165, 1.54) is 12.1 Å². The monoisotopic (exact) mass is 271 g/mol. The van der Waals surface area contributed by atoms with Crippen molar-refractivity contribution in [2.45, 2.75) is 30.7 Å². The quantitative estimate of drug-likeness (QED) is 0.856. The zero-order chi connectivity index (χ0) is 13.7. The fourth-order valence-corrected chi connectivity index (χ4v) is 2.25. The molecule has 1 atom stereocenters. The molecule has 1 N–H and O–H groups in total. The molecule has 0 spiro atoms. The lowest BCUT2D eigenvalue weighted by atomic mass is 9.97. The average molecular weight is 271 g/mol. The second kappa shape index (κ2) is 3.96. The minimum Gasteiger partial charge on any atom is -0.363 e. The first-order valence-electron chi connectivity index (χ1n) is 6.03. The van der Waals surface area contributed by atoms with Gasteiger partial charge in [0.1, 0.15) is 0 Å². The summed E-state index contributed by atoms with van der Waals surface area (Å²) in [6.45, 7) is 0.350. The van der Waals surface area contributed by atoms with Gasteiger partial charge in [-0.05, 0) is 24.5 Å². The maximum absolute atomic E-state index is 13.0. The summed E-state index contributed by atoms with van der Waals surface area (Å²) in [6, 6.07) is 5.40. The van der Waals surface area contributed by atoms with E-state index in [9.17, 15) is 18.0 Å². The lowest BCUT2D eigenvalue weighted by molar-refractivity contribution is -0.139. The fraction of sp³-hybridized carbons (Fsp3) is 0.462. The van der Waals surface area contributed by atoms with Gasteiger partial charge >= 0.3 is 6.18 Å². The maximum Gasteiger partial charge on any atom is 0.416 e. The minimum atomic E-state index is -4.41. The summed E-state index contributed by atoms with van der Waals surface area (Å²) < 4.78 is 43.8. The topological polar surface area (TPSA) is 41.6 Å². The molecule has 1 amide bonds. The summed E-state index contributed by atoms with van der Waals surface area (Å²) in [5.41, 5.74) is -1.39. The first kappa shape index (κ1) is 12.5. The van der Waals surface area contributed by atoms with E-state index in [0.29, 0.717) is 19.4 Å². The summed E-state index contributed by atoms with van der Waals surface area (Å²) in [6.07, 6.45) is -3.85. The van der Waals surface area contributed by atoms with Gasteiger partial charge in [0.05, 0.1) is 17.7 Å². The number of carbonyl (C=O) groups is 1. The molecule has 3 nitrogen and oxygen atoms in total. The number of epoxide rings is 1. The molecule has 2 aliphatic rings. The normalized spacial score (nSPS) is 23.8. The number of benzene rings is 1. The lowest BCUT2D eigenvalue weighted by Crippen LogP contribution is -2.38. The van der Waals surface area contributed by atoms with E-state index in [1.54, 1.807) is 6.07 Å². The van der Waals surface area contributed by atoms with Crippen molar-refractivity contribution >= 4 is 5.91 Å².